The molecule has 1 aliphatic heterocycles. The van der Waals surface area contributed by atoms with Crippen molar-refractivity contribution in [3.05, 3.63) is 33.1 Å². The molecule has 0 saturated carbocycles. The van der Waals surface area contributed by atoms with E-state index in [9.17, 15) is 19.8 Å². The Hall–Kier alpha value is 0.130. The zero-order valence-electron chi connectivity index (χ0n) is 10.7. The lowest BCUT2D eigenvalue weighted by Gasteiger charge is -2.22. The van der Waals surface area contributed by atoms with Gasteiger partial charge in [-0.1, -0.05) is 45.6 Å². The van der Waals surface area contributed by atoms with Crippen LogP contribution in [0.15, 0.2) is 21.9 Å². The molecule has 1 aromatic rings. The van der Waals surface area contributed by atoms with Crippen molar-refractivity contribution < 1.29 is 14.9 Å². The Morgan fingerprint density at radius 3 is 2.64 bits per heavy atom. The number of ether oxygens (including phenoxy) is 1. The molecule has 0 radical (unpaired) electrons. The second kappa shape index (κ2) is 7.35. The minimum absolute atomic E-state index is 0.439. The lowest BCUT2D eigenvalue weighted by molar-refractivity contribution is -0.0457. The van der Waals surface area contributed by atoms with Gasteiger partial charge in [-0.2, -0.15) is 0 Å². The van der Waals surface area contributed by atoms with Crippen LogP contribution in [0.5, 0.6) is 0 Å². The monoisotopic (exact) mass is 408 g/mol. The maximum atomic E-state index is 11.9. The Morgan fingerprint density at radius 2 is 2.09 bits per heavy atom. The van der Waals surface area contributed by atoms with E-state index in [4.69, 9.17) is 39.5 Å². The largest absolute Gasteiger partial charge is 0.394 e. The molecule has 22 heavy (non-hydrogen) atoms. The van der Waals surface area contributed by atoms with Crippen LogP contribution in [0.1, 0.15) is 6.23 Å². The first-order valence-electron chi connectivity index (χ1n) is 5.90. The summed E-state index contributed by atoms with van der Waals surface area (Å²) < 4.78 is 4.97. The fourth-order valence-electron chi connectivity index (χ4n) is 1.93. The summed E-state index contributed by atoms with van der Waals surface area (Å²) in [6, 6.07) is 1.15. The van der Waals surface area contributed by atoms with E-state index in [0.717, 1.165) is 32.2 Å². The average Bonchev–Trinajstić information content (AvgIpc) is 2.72. The Morgan fingerprint density at radius 1 is 1.41 bits per heavy atom. The van der Waals surface area contributed by atoms with Crippen LogP contribution in [0.3, 0.4) is 0 Å². The van der Waals surface area contributed by atoms with E-state index in [-0.39, 0.29) is 0 Å². The highest BCUT2D eigenvalue weighted by Crippen LogP contribution is 2.51. The predicted octanol–water partition coefficient (Wildman–Crippen LogP) is 0.865. The predicted molar refractivity (Wildman–Crippen MR) is 87.6 cm³/mol. The molecule has 0 aliphatic carbocycles. The van der Waals surface area contributed by atoms with E-state index < -0.39 is 44.7 Å². The van der Waals surface area contributed by atoms with E-state index >= 15 is 0 Å². The first kappa shape index (κ1) is 18.5. The van der Waals surface area contributed by atoms with Crippen molar-refractivity contribution >= 4 is 56.4 Å². The van der Waals surface area contributed by atoms with Crippen LogP contribution in [0.25, 0.3) is 0 Å². The molecule has 1 fully saturated rings. The number of aromatic nitrogens is 2. The zero-order chi connectivity index (χ0) is 16.5. The topological polar surface area (TPSA) is 105 Å². The van der Waals surface area contributed by atoms with Crippen molar-refractivity contribution in [2.75, 3.05) is 6.61 Å². The summed E-state index contributed by atoms with van der Waals surface area (Å²) in [5.41, 5.74) is -1.26. The van der Waals surface area contributed by atoms with Crippen LogP contribution in [-0.2, 0) is 4.74 Å². The van der Waals surface area contributed by atoms with Crippen molar-refractivity contribution in [1.29, 1.82) is 0 Å². The summed E-state index contributed by atoms with van der Waals surface area (Å²) >= 11 is 17.0. The van der Waals surface area contributed by atoms with Gasteiger partial charge >= 0.3 is 5.69 Å². The first-order valence-corrected chi connectivity index (χ1v) is 9.24. The summed E-state index contributed by atoms with van der Waals surface area (Å²) in [6.07, 6.45) is -1.66. The number of nitrogens with zero attached hydrogens (tertiary/aromatic N) is 1. The van der Waals surface area contributed by atoms with Gasteiger partial charge in [0.25, 0.3) is 5.56 Å². The minimum atomic E-state index is -1.62. The maximum absolute atomic E-state index is 11.9. The molecular weight excluding hydrogens is 399 g/mol. The van der Waals surface area contributed by atoms with Crippen molar-refractivity contribution in [1.82, 2.24) is 9.55 Å². The smallest absolute Gasteiger partial charge is 0.330 e. The number of hydrogen-bond acceptors (Lipinski definition) is 7. The van der Waals surface area contributed by atoms with Gasteiger partial charge in [-0.15, -0.1) is 0 Å². The Kier molecular flexibility index (Phi) is 6.17. The molecule has 4 atom stereocenters. The third-order valence-corrected chi connectivity index (χ3v) is 7.11. The number of halogens is 3. The van der Waals surface area contributed by atoms with Crippen LogP contribution < -0.4 is 11.2 Å². The van der Waals surface area contributed by atoms with Gasteiger partial charge in [0.1, 0.15) is 6.10 Å². The van der Waals surface area contributed by atoms with E-state index in [1.54, 1.807) is 0 Å². The highest BCUT2D eigenvalue weighted by molar-refractivity contribution is 8.78. The highest BCUT2D eigenvalue weighted by atomic mass is 35.6. The van der Waals surface area contributed by atoms with Crippen molar-refractivity contribution in [2.24, 2.45) is 0 Å². The summed E-state index contributed by atoms with van der Waals surface area (Å²) in [7, 11) is 1.88. The van der Waals surface area contributed by atoms with Gasteiger partial charge in [0.05, 0.1) is 18.0 Å². The summed E-state index contributed by atoms with van der Waals surface area (Å²) in [5.74, 6) is 0. The van der Waals surface area contributed by atoms with Gasteiger partial charge in [-0.3, -0.25) is 14.3 Å². The van der Waals surface area contributed by atoms with Gasteiger partial charge in [0.2, 0.25) is 3.12 Å². The number of aliphatic hydroxyl groups excluding tert-OH is 2. The Labute approximate surface area is 147 Å². The van der Waals surface area contributed by atoms with Crippen LogP contribution in [0, 0.1) is 0 Å². The third kappa shape index (κ3) is 4.35. The average molecular weight is 410 g/mol. The van der Waals surface area contributed by atoms with Crippen molar-refractivity contribution in [3.8, 4) is 0 Å². The van der Waals surface area contributed by atoms with Crippen molar-refractivity contribution in [3.63, 3.8) is 0 Å². The zero-order valence-corrected chi connectivity index (χ0v) is 14.6. The van der Waals surface area contributed by atoms with E-state index in [2.05, 4.69) is 4.98 Å². The van der Waals surface area contributed by atoms with Gasteiger partial charge in [0.15, 0.2) is 6.23 Å². The van der Waals surface area contributed by atoms with Gasteiger partial charge in [0, 0.05) is 12.3 Å². The van der Waals surface area contributed by atoms with Crippen LogP contribution in [0.2, 0.25) is 0 Å². The lowest BCUT2D eigenvalue weighted by atomic mass is 10.2. The molecule has 2 unspecified atom stereocenters. The van der Waals surface area contributed by atoms with Gasteiger partial charge in [-0.05, 0) is 10.8 Å². The number of H-pyrrole nitrogens is 1. The molecule has 0 spiro atoms. The SMILES string of the molecule is O=c1ccn([C@@H]2O[C@H](CO)C(O)C2SSC(Cl)(Cl)Cl)c(=O)[nH]1. The second-order valence-corrected chi connectivity index (χ2v) is 9.89. The summed E-state index contributed by atoms with van der Waals surface area (Å²) in [4.78, 5) is 25.1. The Balaban J connectivity index is 2.29. The number of hydrogen-bond donors (Lipinski definition) is 3. The molecule has 0 aromatic carbocycles. The quantitative estimate of drug-likeness (QED) is 0.500. The van der Waals surface area contributed by atoms with Gasteiger partial charge < -0.3 is 14.9 Å². The molecule has 0 amide bonds. The van der Waals surface area contributed by atoms with Crippen LogP contribution >= 0.6 is 56.4 Å². The maximum Gasteiger partial charge on any atom is 0.330 e. The molecule has 1 aliphatic rings. The van der Waals surface area contributed by atoms with Gasteiger partial charge in [-0.25, -0.2) is 4.79 Å². The fourth-order valence-corrected chi connectivity index (χ4v) is 5.00. The lowest BCUT2D eigenvalue weighted by Crippen LogP contribution is -2.36. The Bertz CT molecular complexity index is 634. The van der Waals surface area contributed by atoms with E-state index in [0.29, 0.717) is 0 Å². The summed E-state index contributed by atoms with van der Waals surface area (Å²) in [5, 5.41) is 18.7. The molecule has 1 aromatic heterocycles. The molecule has 2 heterocycles. The molecule has 1 saturated heterocycles. The van der Waals surface area contributed by atoms with Crippen LogP contribution in [0.4, 0.5) is 0 Å². The first-order chi connectivity index (χ1) is 10.2. The number of aliphatic hydroxyl groups is 2. The second-order valence-electron chi connectivity index (χ2n) is 4.35. The molecule has 7 nitrogen and oxygen atoms in total. The minimum Gasteiger partial charge on any atom is -0.394 e. The molecule has 0 bridgehead atoms. The number of alkyl halides is 3. The van der Waals surface area contributed by atoms with E-state index in [1.807, 2.05) is 0 Å². The van der Waals surface area contributed by atoms with Crippen molar-refractivity contribution in [2.45, 2.75) is 26.8 Å². The van der Waals surface area contributed by atoms with E-state index in [1.165, 1.54) is 6.20 Å². The number of rotatable bonds is 4. The van der Waals surface area contributed by atoms with Crippen LogP contribution in [-0.4, -0.2) is 47.0 Å². The normalized spacial score (nSPS) is 29.0. The number of nitrogens with one attached hydrogen (secondary N) is 1. The highest BCUT2D eigenvalue weighted by Gasteiger charge is 2.46. The molecule has 124 valence electrons. The molecule has 2 rings (SSSR count). The third-order valence-electron chi connectivity index (χ3n) is 2.87. The summed E-state index contributed by atoms with van der Waals surface area (Å²) in [6.45, 7) is -0.439. The fraction of sp³-hybridized carbons (Fsp3) is 0.600. The molecular formula is C10H11Cl3N2O5S2. The molecule has 3 N–H and O–H groups in total. The molecule has 12 heteroatoms. The number of aromatic amines is 1. The standard InChI is InChI=1S/C10H11Cl3N2O5S2/c11-10(12,13)22-21-7-6(18)4(3-16)20-8(7)15-2-1-5(17)14-9(15)19/h1-2,4,6-8,16,18H,3H2,(H,14,17,19)/t4-,6?,7?,8-/m1/s1.